The summed E-state index contributed by atoms with van der Waals surface area (Å²) in [4.78, 5) is 18.6. The van der Waals surface area contributed by atoms with Crippen LogP contribution in [-0.2, 0) is 27.7 Å². The highest BCUT2D eigenvalue weighted by atomic mass is 32.2. The van der Waals surface area contributed by atoms with Gasteiger partial charge in [-0.15, -0.1) is 0 Å². The minimum atomic E-state index is -3.61. The van der Waals surface area contributed by atoms with E-state index in [1.54, 1.807) is 0 Å². The molecule has 4 N–H and O–H groups in total. The van der Waals surface area contributed by atoms with Crippen molar-refractivity contribution in [1.29, 1.82) is 0 Å². The zero-order valence-electron chi connectivity index (χ0n) is 15.6. The molecule has 0 saturated carbocycles. The molecule has 0 saturated heterocycles. The number of halogens is 2. The summed E-state index contributed by atoms with van der Waals surface area (Å²) >= 11 is 0. The number of hydrogen-bond acceptors (Lipinski definition) is 8. The predicted octanol–water partition coefficient (Wildman–Crippen LogP) is 1.20. The minimum absolute atomic E-state index is 0.0140. The zero-order valence-corrected chi connectivity index (χ0v) is 16.4. The lowest BCUT2D eigenvalue weighted by Gasteiger charge is -2.11. The maximum Gasteiger partial charge on any atom is 0.239 e. The van der Waals surface area contributed by atoms with Crippen molar-refractivity contribution in [3.8, 4) is 0 Å². The van der Waals surface area contributed by atoms with Gasteiger partial charge < -0.3 is 16.4 Å². The van der Waals surface area contributed by atoms with Crippen LogP contribution >= 0.6 is 0 Å². The van der Waals surface area contributed by atoms with Gasteiger partial charge in [-0.05, 0) is 23.8 Å². The van der Waals surface area contributed by atoms with Gasteiger partial charge in [-0.1, -0.05) is 0 Å². The van der Waals surface area contributed by atoms with Crippen LogP contribution in [0.5, 0.6) is 0 Å². The summed E-state index contributed by atoms with van der Waals surface area (Å²) in [6, 6.07) is 3.23. The van der Waals surface area contributed by atoms with Crippen LogP contribution in [0.25, 0.3) is 0 Å². The van der Waals surface area contributed by atoms with Crippen LogP contribution in [0.4, 0.5) is 26.2 Å². The third kappa shape index (κ3) is 5.26. The Morgan fingerprint density at radius 3 is 2.73 bits per heavy atom. The van der Waals surface area contributed by atoms with Gasteiger partial charge in [-0.3, -0.25) is 9.48 Å². The van der Waals surface area contributed by atoms with E-state index in [2.05, 4.69) is 25.7 Å². The van der Waals surface area contributed by atoms with E-state index in [0.717, 1.165) is 30.7 Å². The molecule has 0 unspecified atom stereocenters. The molecule has 3 rings (SSSR count). The first-order valence-electron chi connectivity index (χ1n) is 8.44. The first-order valence-corrected chi connectivity index (χ1v) is 10.3. The van der Waals surface area contributed by atoms with E-state index >= 15 is 0 Å². The fourth-order valence-electron chi connectivity index (χ4n) is 2.58. The van der Waals surface area contributed by atoms with Crippen LogP contribution in [-0.4, -0.2) is 40.3 Å². The van der Waals surface area contributed by atoms with E-state index < -0.39 is 27.4 Å². The van der Waals surface area contributed by atoms with Gasteiger partial charge >= 0.3 is 0 Å². The summed E-state index contributed by atoms with van der Waals surface area (Å²) < 4.78 is 52.7. The van der Waals surface area contributed by atoms with Crippen molar-refractivity contribution in [2.45, 2.75) is 18.0 Å². The molecule has 3 aromatic rings. The van der Waals surface area contributed by atoms with Crippen molar-refractivity contribution in [2.24, 2.45) is 5.73 Å². The predicted molar refractivity (Wildman–Crippen MR) is 104 cm³/mol. The first kappa shape index (κ1) is 21.1. The highest BCUT2D eigenvalue weighted by Gasteiger charge is 2.15. The van der Waals surface area contributed by atoms with E-state index in [-0.39, 0.29) is 35.3 Å². The molecule has 0 atom stereocenters. The Hall–Kier alpha value is -3.61. The summed E-state index contributed by atoms with van der Waals surface area (Å²) in [5.74, 6) is -2.19. The molecule has 2 heterocycles. The van der Waals surface area contributed by atoms with Crippen molar-refractivity contribution in [1.82, 2.24) is 19.7 Å². The van der Waals surface area contributed by atoms with Crippen LogP contribution in [0.3, 0.4) is 0 Å². The number of nitrogens with two attached hydrogens (primary N) is 1. The van der Waals surface area contributed by atoms with E-state index in [0.29, 0.717) is 5.69 Å². The molecule has 13 heteroatoms. The Morgan fingerprint density at radius 1 is 1.27 bits per heavy atom. The fourth-order valence-corrected chi connectivity index (χ4v) is 3.50. The number of aromatic nitrogens is 4. The molecule has 10 nitrogen and oxygen atoms in total. The second kappa shape index (κ2) is 8.41. The topological polar surface area (TPSA) is 145 Å². The Balaban J connectivity index is 1.78. The number of nitrogens with zero attached hydrogens (tertiary/aromatic N) is 4. The Labute approximate surface area is 170 Å². The fraction of sp³-hybridized carbons (Fsp3) is 0.176. The van der Waals surface area contributed by atoms with Gasteiger partial charge in [-0.25, -0.2) is 22.2 Å². The second-order valence-electron chi connectivity index (χ2n) is 6.29. The van der Waals surface area contributed by atoms with Crippen LogP contribution in [0.2, 0.25) is 0 Å². The number of benzene rings is 1. The Morgan fingerprint density at radius 2 is 2.03 bits per heavy atom. The number of carbonyl (C=O) groups is 1. The molecule has 30 heavy (non-hydrogen) atoms. The number of primary amides is 1. The van der Waals surface area contributed by atoms with Crippen LogP contribution < -0.4 is 16.4 Å². The molecular weight excluding hydrogens is 420 g/mol. The number of hydrogen-bond donors (Lipinski definition) is 3. The van der Waals surface area contributed by atoms with Gasteiger partial charge in [0.25, 0.3) is 0 Å². The third-order valence-corrected chi connectivity index (χ3v) is 5.02. The van der Waals surface area contributed by atoms with Gasteiger partial charge in [0.1, 0.15) is 12.4 Å². The Kier molecular flexibility index (Phi) is 5.91. The average Bonchev–Trinajstić information content (AvgIpc) is 3.07. The maximum absolute atomic E-state index is 14.1. The molecule has 158 valence electrons. The SMILES string of the molecule is CS(=O)(=O)c1ccc(F)cc1CNc1nc(Nc2cnn(CC(N)=O)c2)ncc1F. The van der Waals surface area contributed by atoms with Gasteiger partial charge in [-0.2, -0.15) is 10.1 Å². The first-order chi connectivity index (χ1) is 14.1. The number of amides is 1. The molecule has 1 aromatic carbocycles. The molecule has 0 fully saturated rings. The lowest BCUT2D eigenvalue weighted by Crippen LogP contribution is -2.18. The second-order valence-corrected chi connectivity index (χ2v) is 8.27. The van der Waals surface area contributed by atoms with E-state index in [1.807, 2.05) is 0 Å². The van der Waals surface area contributed by atoms with Gasteiger partial charge in [0.05, 0.1) is 23.0 Å². The lowest BCUT2D eigenvalue weighted by atomic mass is 10.2. The molecule has 0 aliphatic rings. The molecule has 0 aliphatic carbocycles. The van der Waals surface area contributed by atoms with Gasteiger partial charge in [0.2, 0.25) is 11.9 Å². The maximum atomic E-state index is 14.1. The number of anilines is 3. The standard InChI is InChI=1S/C17H17F2N7O3S/c1-30(28,29)14-3-2-11(18)4-10(14)5-21-16-13(19)7-22-17(25-16)24-12-6-23-26(8-12)9-15(20)27/h2-4,6-8H,5,9H2,1H3,(H2,20,27)(H2,21,22,24,25). The third-order valence-electron chi connectivity index (χ3n) is 3.82. The number of carbonyl (C=O) groups excluding carboxylic acids is 1. The molecule has 0 bridgehead atoms. The molecular formula is C17H17F2N7O3S. The van der Waals surface area contributed by atoms with Crippen molar-refractivity contribution >= 4 is 33.2 Å². The molecule has 1 amide bonds. The molecule has 2 aromatic heterocycles. The minimum Gasteiger partial charge on any atom is -0.368 e. The van der Waals surface area contributed by atoms with Crippen LogP contribution in [0, 0.1) is 11.6 Å². The Bertz CT molecular complexity index is 1200. The number of sulfone groups is 1. The summed E-state index contributed by atoms with van der Waals surface area (Å²) in [6.45, 7) is -0.306. The van der Waals surface area contributed by atoms with Gasteiger partial charge in [0, 0.05) is 19.0 Å². The van der Waals surface area contributed by atoms with Crippen LogP contribution in [0.1, 0.15) is 5.56 Å². The summed E-state index contributed by atoms with van der Waals surface area (Å²) in [6.07, 6.45) is 4.79. The molecule has 0 aliphatic heterocycles. The van der Waals surface area contributed by atoms with E-state index in [1.165, 1.54) is 17.1 Å². The summed E-state index contributed by atoms with van der Waals surface area (Å²) in [7, 11) is -3.61. The largest absolute Gasteiger partial charge is 0.368 e. The van der Waals surface area contributed by atoms with Crippen molar-refractivity contribution in [2.75, 3.05) is 16.9 Å². The van der Waals surface area contributed by atoms with Crippen molar-refractivity contribution in [3.63, 3.8) is 0 Å². The highest BCUT2D eigenvalue weighted by molar-refractivity contribution is 7.90. The van der Waals surface area contributed by atoms with Crippen molar-refractivity contribution in [3.05, 3.63) is 54.0 Å². The van der Waals surface area contributed by atoms with Crippen molar-refractivity contribution < 1.29 is 22.0 Å². The highest BCUT2D eigenvalue weighted by Crippen LogP contribution is 2.20. The molecule has 0 radical (unpaired) electrons. The molecule has 0 spiro atoms. The monoisotopic (exact) mass is 437 g/mol. The lowest BCUT2D eigenvalue weighted by molar-refractivity contribution is -0.118. The van der Waals surface area contributed by atoms with E-state index in [9.17, 15) is 22.0 Å². The summed E-state index contributed by atoms with van der Waals surface area (Å²) in [5.41, 5.74) is 5.65. The summed E-state index contributed by atoms with van der Waals surface area (Å²) in [5, 5.41) is 9.36. The zero-order chi connectivity index (χ0) is 21.9. The average molecular weight is 437 g/mol. The number of rotatable bonds is 8. The number of nitrogens with one attached hydrogen (secondary N) is 2. The normalized spacial score (nSPS) is 11.3. The van der Waals surface area contributed by atoms with E-state index in [4.69, 9.17) is 5.73 Å². The van der Waals surface area contributed by atoms with Crippen LogP contribution in [0.15, 0.2) is 41.7 Å². The quantitative estimate of drug-likeness (QED) is 0.446. The van der Waals surface area contributed by atoms with Gasteiger partial charge in [0.15, 0.2) is 21.5 Å². The smallest absolute Gasteiger partial charge is 0.239 e.